The Bertz CT molecular complexity index is 2510. The fourth-order valence-corrected chi connectivity index (χ4v) is 7.49. The minimum absolute atomic E-state index is 0.315. The van der Waals surface area contributed by atoms with Crippen molar-refractivity contribution in [3.63, 3.8) is 0 Å². The van der Waals surface area contributed by atoms with Gasteiger partial charge in [-0.25, -0.2) is 0 Å². The van der Waals surface area contributed by atoms with Crippen LogP contribution in [-0.2, 0) is 39.6 Å². The van der Waals surface area contributed by atoms with Crippen LogP contribution in [-0.4, -0.2) is 23.8 Å². The smallest absolute Gasteiger partial charge is 0.414 e. The van der Waals surface area contributed by atoms with Gasteiger partial charge in [0.05, 0.1) is 35.7 Å². The summed E-state index contributed by atoms with van der Waals surface area (Å²) in [6.45, 7) is -0.542. The summed E-state index contributed by atoms with van der Waals surface area (Å²) in [5, 5.41) is 0. The van der Waals surface area contributed by atoms with Gasteiger partial charge in [0.1, 0.15) is 12.2 Å². The van der Waals surface area contributed by atoms with E-state index in [1.807, 2.05) is 121 Å². The number of alkyl halides is 6. The summed E-state index contributed by atoms with van der Waals surface area (Å²) >= 11 is 0. The molecule has 0 bridgehead atoms. The van der Waals surface area contributed by atoms with Crippen LogP contribution in [0.25, 0.3) is 0 Å². The number of halogens is 6. The fraction of sp³-hybridized carbons (Fsp3) is 0.115. The van der Waals surface area contributed by atoms with Crippen molar-refractivity contribution in [3.05, 3.63) is 251 Å². The predicted molar refractivity (Wildman–Crippen MR) is 242 cm³/mol. The normalized spacial score (nSPS) is 12.6. The number of nitrogens with zero attached hydrogens (tertiary/aromatic N) is 2. The molecule has 0 aliphatic rings. The Morgan fingerprint density at radius 3 is 1.05 bits per heavy atom. The molecular formula is C52H40B2F6N2O3. The second-order valence-corrected chi connectivity index (χ2v) is 15.3. The molecule has 324 valence electrons. The zero-order valence-corrected chi connectivity index (χ0v) is 34.7. The highest BCUT2D eigenvalue weighted by Gasteiger charge is 2.34. The van der Waals surface area contributed by atoms with Crippen molar-refractivity contribution in [1.82, 2.24) is 9.97 Å². The lowest BCUT2D eigenvalue weighted by Gasteiger charge is -2.24. The maximum absolute atomic E-state index is 13.5. The molecule has 0 saturated heterocycles. The van der Waals surface area contributed by atoms with E-state index in [0.29, 0.717) is 35.7 Å². The van der Waals surface area contributed by atoms with Crippen LogP contribution in [0, 0.1) is 0 Å². The average Bonchev–Trinajstić information content (AvgIpc) is 3.33. The van der Waals surface area contributed by atoms with Gasteiger partial charge in [0.15, 0.2) is 0 Å². The lowest BCUT2D eigenvalue weighted by Crippen LogP contribution is -2.46. The second kappa shape index (κ2) is 20.4. The van der Waals surface area contributed by atoms with Crippen LogP contribution in [0.15, 0.2) is 207 Å². The maximum Gasteiger partial charge on any atom is 0.416 e. The third-order valence-electron chi connectivity index (χ3n) is 10.8. The summed E-state index contributed by atoms with van der Waals surface area (Å²) in [6, 6.07) is 55.6. The molecule has 0 amide bonds. The summed E-state index contributed by atoms with van der Waals surface area (Å²) < 4.78 is 101. The predicted octanol–water partition coefficient (Wildman–Crippen LogP) is 10.1. The Morgan fingerprint density at radius 2 is 0.723 bits per heavy atom. The number of rotatable bonds is 16. The van der Waals surface area contributed by atoms with Crippen molar-refractivity contribution >= 4 is 35.7 Å². The Labute approximate surface area is 374 Å². The van der Waals surface area contributed by atoms with E-state index < -0.39 is 49.5 Å². The van der Waals surface area contributed by atoms with Gasteiger partial charge >= 0.3 is 26.2 Å². The standard InChI is InChI=1S/C52H40B2F6N2O3/c55-51(56,57)41-25-21-39(22-26-41)49(47-15-7-9-33-61-47)64-53(43-11-3-1-4-12-43)45-29-17-37(18-30-45)35-63-36-38-19-31-46(32-20-38)54(44-13-5-2-6-14-44)65-50(48-16-8-10-34-62-48)40-23-27-42(28-24-40)52(58,59)60/h1-34,49-50H,35-36H2. The van der Waals surface area contributed by atoms with Crippen molar-refractivity contribution < 1.29 is 40.4 Å². The minimum atomic E-state index is -4.47. The molecule has 8 aromatic rings. The van der Waals surface area contributed by atoms with Crippen LogP contribution in [0.3, 0.4) is 0 Å². The SMILES string of the molecule is FC(F)(F)c1ccc(C(OB(c2ccccc2)c2ccc(COCc3ccc(B(OC(c4ccc(C(F)(F)F)cc4)c4ccccn4)c4ccccc4)cc3)cc2)c2ccccn2)cc1. The Kier molecular flexibility index (Phi) is 14.0. The first-order valence-corrected chi connectivity index (χ1v) is 20.8. The molecule has 13 heteroatoms. The monoisotopic (exact) mass is 876 g/mol. The van der Waals surface area contributed by atoms with E-state index in [9.17, 15) is 26.3 Å². The van der Waals surface area contributed by atoms with Gasteiger partial charge in [-0.05, 0) is 92.6 Å². The number of ether oxygens (including phenoxy) is 1. The number of pyridine rings is 2. The van der Waals surface area contributed by atoms with Gasteiger partial charge in [0, 0.05) is 12.4 Å². The molecule has 0 saturated carbocycles. The number of benzene rings is 6. The highest BCUT2D eigenvalue weighted by atomic mass is 19.4. The van der Waals surface area contributed by atoms with Crippen molar-refractivity contribution in [2.45, 2.75) is 37.8 Å². The molecule has 0 spiro atoms. The fourth-order valence-electron chi connectivity index (χ4n) is 7.49. The van der Waals surface area contributed by atoms with Gasteiger partial charge in [-0.3, -0.25) is 9.97 Å². The van der Waals surface area contributed by atoms with Crippen LogP contribution in [0.4, 0.5) is 26.3 Å². The van der Waals surface area contributed by atoms with Gasteiger partial charge in [-0.15, -0.1) is 0 Å². The van der Waals surface area contributed by atoms with E-state index in [-0.39, 0.29) is 0 Å². The van der Waals surface area contributed by atoms with E-state index in [1.54, 1.807) is 36.7 Å². The van der Waals surface area contributed by atoms with E-state index in [4.69, 9.17) is 14.0 Å². The molecule has 2 aromatic heterocycles. The quantitative estimate of drug-likeness (QED) is 0.0715. The van der Waals surface area contributed by atoms with Gasteiger partial charge < -0.3 is 14.0 Å². The van der Waals surface area contributed by atoms with Crippen LogP contribution < -0.4 is 21.9 Å². The topological polar surface area (TPSA) is 53.5 Å². The lowest BCUT2D eigenvalue weighted by atomic mass is 9.55. The van der Waals surface area contributed by atoms with Gasteiger partial charge in [0.25, 0.3) is 0 Å². The van der Waals surface area contributed by atoms with Crippen molar-refractivity contribution in [2.75, 3.05) is 0 Å². The van der Waals surface area contributed by atoms with Crippen LogP contribution in [0.1, 0.15) is 57.0 Å². The zero-order chi connectivity index (χ0) is 45.2. The summed E-state index contributed by atoms with van der Waals surface area (Å²) in [5.74, 6) is 0. The average molecular weight is 877 g/mol. The number of hydrogen-bond donors (Lipinski definition) is 0. The summed E-state index contributed by atoms with van der Waals surface area (Å²) in [5.41, 5.74) is 5.92. The molecule has 65 heavy (non-hydrogen) atoms. The number of hydrogen-bond acceptors (Lipinski definition) is 5. The van der Waals surface area contributed by atoms with Crippen molar-refractivity contribution in [3.8, 4) is 0 Å². The Balaban J connectivity index is 0.970. The van der Waals surface area contributed by atoms with Gasteiger partial charge in [0.2, 0.25) is 0 Å². The van der Waals surface area contributed by atoms with Crippen LogP contribution in [0.2, 0.25) is 0 Å². The summed E-state index contributed by atoms with van der Waals surface area (Å²) in [4.78, 5) is 9.02. The molecule has 2 unspecified atom stereocenters. The minimum Gasteiger partial charge on any atom is -0.414 e. The highest BCUT2D eigenvalue weighted by Crippen LogP contribution is 2.34. The molecule has 0 aliphatic carbocycles. The van der Waals surface area contributed by atoms with E-state index in [0.717, 1.165) is 57.2 Å². The Hall–Kier alpha value is -6.79. The van der Waals surface area contributed by atoms with E-state index >= 15 is 0 Å². The molecule has 8 rings (SSSR count). The second-order valence-electron chi connectivity index (χ2n) is 15.3. The molecule has 5 nitrogen and oxygen atoms in total. The summed E-state index contributed by atoms with van der Waals surface area (Å²) in [7, 11) is 0. The van der Waals surface area contributed by atoms with E-state index in [1.165, 1.54) is 24.3 Å². The maximum atomic E-state index is 13.5. The molecular weight excluding hydrogens is 836 g/mol. The number of aromatic nitrogens is 2. The highest BCUT2D eigenvalue weighted by molar-refractivity contribution is 6.80. The first kappa shape index (κ1) is 44.8. The Morgan fingerprint density at radius 1 is 0.385 bits per heavy atom. The van der Waals surface area contributed by atoms with Gasteiger partial charge in [-0.2, -0.15) is 26.3 Å². The molecule has 0 radical (unpaired) electrons. The van der Waals surface area contributed by atoms with Crippen molar-refractivity contribution in [2.24, 2.45) is 0 Å². The van der Waals surface area contributed by atoms with Crippen LogP contribution in [0.5, 0.6) is 0 Å². The molecule has 6 aromatic carbocycles. The summed E-state index contributed by atoms with van der Waals surface area (Å²) in [6.07, 6.45) is -7.23. The van der Waals surface area contributed by atoms with Crippen molar-refractivity contribution in [1.29, 1.82) is 0 Å². The van der Waals surface area contributed by atoms with E-state index in [2.05, 4.69) is 9.97 Å². The van der Waals surface area contributed by atoms with Crippen LogP contribution >= 0.6 is 0 Å². The first-order valence-electron chi connectivity index (χ1n) is 20.8. The molecule has 2 atom stereocenters. The van der Waals surface area contributed by atoms with Gasteiger partial charge in [-0.1, -0.05) is 146 Å². The largest absolute Gasteiger partial charge is 0.416 e. The third-order valence-corrected chi connectivity index (χ3v) is 10.8. The molecule has 0 fully saturated rings. The molecule has 0 N–H and O–H groups in total. The first-order chi connectivity index (χ1) is 31.5. The zero-order valence-electron chi connectivity index (χ0n) is 34.7. The molecule has 2 heterocycles. The molecule has 0 aliphatic heterocycles. The third kappa shape index (κ3) is 11.5. The lowest BCUT2D eigenvalue weighted by molar-refractivity contribution is -0.138.